The third-order valence-corrected chi connectivity index (χ3v) is 7.97. The molecule has 2 aromatic rings. The summed E-state index contributed by atoms with van der Waals surface area (Å²) in [5, 5.41) is 11.5. The zero-order chi connectivity index (χ0) is 24.9. The number of nitrogens with zero attached hydrogens (tertiary/aromatic N) is 2. The van der Waals surface area contributed by atoms with Crippen LogP contribution in [0, 0.1) is 5.92 Å². The van der Waals surface area contributed by atoms with Crippen LogP contribution in [0.3, 0.4) is 0 Å². The third-order valence-electron chi connectivity index (χ3n) is 7.00. The third kappa shape index (κ3) is 5.54. The summed E-state index contributed by atoms with van der Waals surface area (Å²) in [6.07, 6.45) is 2.90. The van der Waals surface area contributed by atoms with Crippen LogP contribution in [0.5, 0.6) is 11.5 Å². The second-order valence-electron chi connectivity index (χ2n) is 9.30. The fourth-order valence-corrected chi connectivity index (χ4v) is 6.00. The van der Waals surface area contributed by atoms with Gasteiger partial charge in [0.25, 0.3) is 5.91 Å². The highest BCUT2D eigenvalue weighted by Crippen LogP contribution is 2.41. The Balaban J connectivity index is 1.25. The molecule has 4 heterocycles. The van der Waals surface area contributed by atoms with Crippen LogP contribution < -0.4 is 9.47 Å². The standard InChI is InChI=1S/C27H34N2O6S/c1-2-32-27-20(5-3-13-30)21(25-6-4-14-36-25)16-24(35-27)26(31)29-11-9-28(10-12-29)17-19-7-8-22-23(15-19)34-18-33-22/h4,6-8,14-16,20-21,27,30H,2-3,5,9-13,17-18H2,1H3/t20-,21+,27-/m0/s1. The van der Waals surface area contributed by atoms with Crippen LogP contribution in [0.15, 0.2) is 47.5 Å². The summed E-state index contributed by atoms with van der Waals surface area (Å²) >= 11 is 1.68. The maximum Gasteiger partial charge on any atom is 0.288 e. The first-order chi connectivity index (χ1) is 17.7. The van der Waals surface area contributed by atoms with E-state index < -0.39 is 6.29 Å². The molecule has 1 aromatic heterocycles. The number of carbonyl (C=O) groups is 1. The molecule has 8 nitrogen and oxygen atoms in total. The lowest BCUT2D eigenvalue weighted by Crippen LogP contribution is -2.49. The second-order valence-corrected chi connectivity index (χ2v) is 10.3. The molecule has 1 amide bonds. The summed E-state index contributed by atoms with van der Waals surface area (Å²) in [4.78, 5) is 18.9. The molecular weight excluding hydrogens is 480 g/mol. The lowest BCUT2D eigenvalue weighted by molar-refractivity contribution is -0.170. The highest BCUT2D eigenvalue weighted by Gasteiger charge is 2.39. The highest BCUT2D eigenvalue weighted by atomic mass is 32.1. The van der Waals surface area contributed by atoms with Crippen LogP contribution in [-0.2, 0) is 20.8 Å². The minimum atomic E-state index is -0.509. The zero-order valence-corrected chi connectivity index (χ0v) is 21.5. The van der Waals surface area contributed by atoms with E-state index in [9.17, 15) is 9.90 Å². The Kier molecular flexibility index (Phi) is 8.11. The van der Waals surface area contributed by atoms with Crippen molar-refractivity contribution in [3.63, 3.8) is 0 Å². The molecule has 0 saturated carbocycles. The molecule has 1 aromatic carbocycles. The number of carbonyl (C=O) groups excluding carboxylic acids is 1. The molecule has 0 unspecified atom stereocenters. The molecular formula is C27H34N2O6S. The van der Waals surface area contributed by atoms with Crippen molar-refractivity contribution in [1.82, 2.24) is 9.80 Å². The van der Waals surface area contributed by atoms with Gasteiger partial charge < -0.3 is 29.0 Å². The van der Waals surface area contributed by atoms with Crippen molar-refractivity contribution in [3.05, 3.63) is 58.0 Å². The summed E-state index contributed by atoms with van der Waals surface area (Å²) in [5.41, 5.74) is 1.17. The van der Waals surface area contributed by atoms with Gasteiger partial charge in [-0.25, -0.2) is 0 Å². The smallest absolute Gasteiger partial charge is 0.288 e. The van der Waals surface area contributed by atoms with Crippen molar-refractivity contribution in [3.8, 4) is 11.5 Å². The van der Waals surface area contributed by atoms with Crippen molar-refractivity contribution in [2.75, 3.05) is 46.2 Å². The zero-order valence-electron chi connectivity index (χ0n) is 20.6. The van der Waals surface area contributed by atoms with Gasteiger partial charge >= 0.3 is 0 Å². The van der Waals surface area contributed by atoms with E-state index >= 15 is 0 Å². The van der Waals surface area contributed by atoms with Gasteiger partial charge in [0.15, 0.2) is 17.3 Å². The first kappa shape index (κ1) is 25.1. The van der Waals surface area contributed by atoms with E-state index in [-0.39, 0.29) is 31.1 Å². The van der Waals surface area contributed by atoms with Crippen molar-refractivity contribution in [2.45, 2.75) is 38.5 Å². The van der Waals surface area contributed by atoms with Crippen molar-refractivity contribution in [2.24, 2.45) is 5.92 Å². The SMILES string of the molecule is CCO[C@H]1OC(C(=O)N2CCN(Cc3ccc4c(c3)OCO4)CC2)=C[C@@H](c2cccs2)[C@@H]1CCCO. The molecule has 0 spiro atoms. The van der Waals surface area contributed by atoms with Crippen LogP contribution >= 0.6 is 11.3 Å². The van der Waals surface area contributed by atoms with Gasteiger partial charge in [-0.3, -0.25) is 9.69 Å². The Bertz CT molecular complexity index is 1050. The van der Waals surface area contributed by atoms with Gasteiger partial charge in [-0.2, -0.15) is 0 Å². The quantitative estimate of drug-likeness (QED) is 0.548. The molecule has 0 bridgehead atoms. The minimum absolute atomic E-state index is 0.0214. The maximum atomic E-state index is 13.5. The number of thiophene rings is 1. The number of benzene rings is 1. The van der Waals surface area contributed by atoms with Gasteiger partial charge in [-0.05, 0) is 55.0 Å². The van der Waals surface area contributed by atoms with Gasteiger partial charge in [0.05, 0.1) is 0 Å². The van der Waals surface area contributed by atoms with Gasteiger partial charge in [0.2, 0.25) is 13.1 Å². The van der Waals surface area contributed by atoms with Crippen LogP contribution in [0.25, 0.3) is 0 Å². The van der Waals surface area contributed by atoms with E-state index in [4.69, 9.17) is 18.9 Å². The lowest BCUT2D eigenvalue weighted by Gasteiger charge is -2.39. The number of fused-ring (bicyclic) bond motifs is 1. The molecule has 1 saturated heterocycles. The predicted molar refractivity (Wildman–Crippen MR) is 136 cm³/mol. The van der Waals surface area contributed by atoms with Crippen LogP contribution in [-0.4, -0.2) is 73.3 Å². The monoisotopic (exact) mass is 514 g/mol. The first-order valence-corrected chi connectivity index (χ1v) is 13.6. The fraction of sp³-hybridized carbons (Fsp3) is 0.519. The normalized spacial score (nSPS) is 23.9. The summed E-state index contributed by atoms with van der Waals surface area (Å²) in [7, 11) is 0. The number of allylic oxidation sites excluding steroid dienone is 1. The number of rotatable bonds is 9. The van der Waals surface area contributed by atoms with E-state index in [0.29, 0.717) is 31.9 Å². The first-order valence-electron chi connectivity index (χ1n) is 12.7. The number of hydrogen-bond donors (Lipinski definition) is 1. The van der Waals surface area contributed by atoms with E-state index in [0.717, 1.165) is 37.6 Å². The summed E-state index contributed by atoms with van der Waals surface area (Å²) in [6, 6.07) is 10.2. The number of aliphatic hydroxyl groups excluding tert-OH is 1. The Morgan fingerprint density at radius 1 is 1.17 bits per heavy atom. The van der Waals surface area contributed by atoms with Crippen molar-refractivity contribution >= 4 is 17.2 Å². The molecule has 3 aliphatic heterocycles. The minimum Gasteiger partial charge on any atom is -0.459 e. The number of aliphatic hydroxyl groups is 1. The van der Waals surface area contributed by atoms with Crippen LogP contribution in [0.4, 0.5) is 0 Å². The lowest BCUT2D eigenvalue weighted by atomic mass is 9.84. The largest absolute Gasteiger partial charge is 0.459 e. The number of piperazine rings is 1. The summed E-state index contributed by atoms with van der Waals surface area (Å²) in [5.74, 6) is 1.95. The maximum absolute atomic E-state index is 13.5. The predicted octanol–water partition coefficient (Wildman–Crippen LogP) is 3.57. The Labute approximate surface area is 216 Å². The second kappa shape index (κ2) is 11.6. The van der Waals surface area contributed by atoms with Crippen LogP contribution in [0.1, 0.15) is 36.1 Å². The topological polar surface area (TPSA) is 80.7 Å². The average molecular weight is 515 g/mol. The summed E-state index contributed by atoms with van der Waals surface area (Å²) < 4.78 is 23.0. The Morgan fingerprint density at radius 2 is 2.00 bits per heavy atom. The molecule has 1 N–H and O–H groups in total. The Morgan fingerprint density at radius 3 is 2.75 bits per heavy atom. The number of hydrogen-bond acceptors (Lipinski definition) is 8. The molecule has 9 heteroatoms. The average Bonchev–Trinajstić information content (AvgIpc) is 3.60. The molecule has 36 heavy (non-hydrogen) atoms. The molecule has 0 aliphatic carbocycles. The molecule has 194 valence electrons. The fourth-order valence-electron chi connectivity index (χ4n) is 5.13. The molecule has 1 fully saturated rings. The van der Waals surface area contributed by atoms with Crippen LogP contribution in [0.2, 0.25) is 0 Å². The molecule has 3 atom stereocenters. The Hall–Kier alpha value is -2.59. The van der Waals surface area contributed by atoms with E-state index in [1.165, 1.54) is 10.4 Å². The van der Waals surface area contributed by atoms with Gasteiger partial charge in [0, 0.05) is 62.7 Å². The van der Waals surface area contributed by atoms with E-state index in [1.807, 2.05) is 36.1 Å². The molecule has 3 aliphatic rings. The van der Waals surface area contributed by atoms with E-state index in [2.05, 4.69) is 22.4 Å². The number of ether oxygens (including phenoxy) is 4. The molecule has 0 radical (unpaired) electrons. The van der Waals surface area contributed by atoms with Gasteiger partial charge in [-0.15, -0.1) is 11.3 Å². The van der Waals surface area contributed by atoms with Crippen molar-refractivity contribution in [1.29, 1.82) is 0 Å². The summed E-state index contributed by atoms with van der Waals surface area (Å²) in [6.45, 7) is 6.49. The van der Waals surface area contributed by atoms with Gasteiger partial charge in [-0.1, -0.05) is 12.1 Å². The molecule has 5 rings (SSSR count). The highest BCUT2D eigenvalue weighted by molar-refractivity contribution is 7.10. The van der Waals surface area contributed by atoms with Crippen molar-refractivity contribution < 1.29 is 28.8 Å². The number of amides is 1. The van der Waals surface area contributed by atoms with E-state index in [1.54, 1.807) is 11.3 Å². The van der Waals surface area contributed by atoms with Gasteiger partial charge in [0.1, 0.15) is 0 Å².